The Morgan fingerprint density at radius 1 is 1.24 bits per heavy atom. The summed E-state index contributed by atoms with van der Waals surface area (Å²) in [6.45, 7) is -0.184. The molecule has 1 aromatic carbocycles. The highest BCUT2D eigenvalue weighted by Crippen LogP contribution is 2.30. The maximum Gasteiger partial charge on any atom is 0.416 e. The molecule has 0 radical (unpaired) electrons. The third-order valence-corrected chi connectivity index (χ3v) is 3.92. The number of thiazole rings is 1. The first-order chi connectivity index (χ1) is 11.9. The molecule has 0 fully saturated rings. The topological polar surface area (TPSA) is 67.2 Å². The van der Waals surface area contributed by atoms with Gasteiger partial charge in [0.15, 0.2) is 10.9 Å². The lowest BCUT2D eigenvalue weighted by molar-refractivity contribution is -0.137. The van der Waals surface area contributed by atoms with E-state index < -0.39 is 17.6 Å². The van der Waals surface area contributed by atoms with Crippen molar-refractivity contribution >= 4 is 28.1 Å². The van der Waals surface area contributed by atoms with Crippen LogP contribution in [0.25, 0.3) is 11.5 Å². The molecule has 0 atom stereocenters. The minimum absolute atomic E-state index is 0.184. The van der Waals surface area contributed by atoms with E-state index in [-0.39, 0.29) is 12.2 Å². The van der Waals surface area contributed by atoms with Gasteiger partial charge in [0.2, 0.25) is 5.91 Å². The fraction of sp³-hybridized carbons (Fsp3) is 0.125. The van der Waals surface area contributed by atoms with Crippen LogP contribution in [-0.2, 0) is 11.0 Å². The number of carbonyl (C=O) groups excluding carboxylic acids is 1. The van der Waals surface area contributed by atoms with Gasteiger partial charge in [-0.2, -0.15) is 13.2 Å². The lowest BCUT2D eigenvalue weighted by Gasteiger charge is -2.10. The molecule has 130 valence electrons. The Hall–Kier alpha value is -2.81. The number of nitrogens with zero attached hydrogens (tertiary/aromatic N) is 1. The summed E-state index contributed by atoms with van der Waals surface area (Å²) in [6.07, 6.45) is -2.91. The first kappa shape index (κ1) is 17.0. The lowest BCUT2D eigenvalue weighted by Crippen LogP contribution is -2.21. The third-order valence-electron chi connectivity index (χ3n) is 3.17. The number of furan rings is 1. The van der Waals surface area contributed by atoms with E-state index >= 15 is 0 Å². The Morgan fingerprint density at radius 3 is 2.80 bits per heavy atom. The molecule has 0 aliphatic carbocycles. The van der Waals surface area contributed by atoms with Gasteiger partial charge in [-0.05, 0) is 30.3 Å². The third kappa shape index (κ3) is 4.38. The first-order valence-corrected chi connectivity index (χ1v) is 8.00. The van der Waals surface area contributed by atoms with E-state index in [2.05, 4.69) is 15.6 Å². The average molecular weight is 367 g/mol. The second-order valence-corrected chi connectivity index (χ2v) is 5.85. The van der Waals surface area contributed by atoms with E-state index in [0.29, 0.717) is 16.6 Å². The summed E-state index contributed by atoms with van der Waals surface area (Å²) in [6, 6.07) is 8.13. The summed E-state index contributed by atoms with van der Waals surface area (Å²) >= 11 is 1.22. The number of hydrogen-bond donors (Lipinski definition) is 2. The Labute approximate surface area is 144 Å². The minimum Gasteiger partial charge on any atom is -0.463 e. The number of nitrogens with one attached hydrogen (secondary N) is 2. The van der Waals surface area contributed by atoms with Crippen LogP contribution in [-0.4, -0.2) is 17.4 Å². The van der Waals surface area contributed by atoms with Crippen molar-refractivity contribution in [2.24, 2.45) is 0 Å². The Morgan fingerprint density at radius 2 is 2.08 bits per heavy atom. The van der Waals surface area contributed by atoms with Crippen LogP contribution in [0, 0.1) is 0 Å². The van der Waals surface area contributed by atoms with Gasteiger partial charge in [-0.15, -0.1) is 11.3 Å². The highest BCUT2D eigenvalue weighted by Gasteiger charge is 2.30. The number of halogens is 3. The number of alkyl halides is 3. The van der Waals surface area contributed by atoms with Crippen molar-refractivity contribution in [2.75, 3.05) is 17.2 Å². The summed E-state index contributed by atoms with van der Waals surface area (Å²) in [5.74, 6) is 0.164. The predicted octanol–water partition coefficient (Wildman–Crippen LogP) is 4.47. The molecule has 25 heavy (non-hydrogen) atoms. The number of rotatable bonds is 5. The van der Waals surface area contributed by atoms with Crippen LogP contribution in [0.5, 0.6) is 0 Å². The molecule has 0 aliphatic rings. The standard InChI is InChI=1S/C16H12F3N3O2S/c17-16(18,19)10-3-1-4-11(7-10)20-8-14(23)22-15-21-12(9-25-15)13-5-2-6-24-13/h1-7,9,20H,8H2,(H,21,22,23). The SMILES string of the molecule is O=C(CNc1cccc(C(F)(F)F)c1)Nc1nc(-c2ccco2)cs1. The summed E-state index contributed by atoms with van der Waals surface area (Å²) in [5, 5.41) is 7.35. The summed E-state index contributed by atoms with van der Waals surface area (Å²) in [5.41, 5.74) is 0.0254. The van der Waals surface area contributed by atoms with Gasteiger partial charge in [0.25, 0.3) is 0 Å². The molecule has 0 aliphatic heterocycles. The van der Waals surface area contributed by atoms with E-state index in [1.807, 2.05) is 0 Å². The van der Waals surface area contributed by atoms with Gasteiger partial charge in [-0.3, -0.25) is 4.79 Å². The van der Waals surface area contributed by atoms with E-state index in [0.717, 1.165) is 12.1 Å². The van der Waals surface area contributed by atoms with Crippen LogP contribution in [0.15, 0.2) is 52.5 Å². The molecule has 2 aromatic heterocycles. The lowest BCUT2D eigenvalue weighted by atomic mass is 10.2. The van der Waals surface area contributed by atoms with Gasteiger partial charge in [0.1, 0.15) is 5.69 Å². The fourth-order valence-electron chi connectivity index (χ4n) is 2.02. The van der Waals surface area contributed by atoms with Crippen LogP contribution in [0.3, 0.4) is 0 Å². The largest absolute Gasteiger partial charge is 0.463 e. The normalized spacial score (nSPS) is 11.3. The first-order valence-electron chi connectivity index (χ1n) is 7.12. The van der Waals surface area contributed by atoms with Gasteiger partial charge < -0.3 is 15.1 Å². The molecule has 3 aromatic rings. The quantitative estimate of drug-likeness (QED) is 0.698. The average Bonchev–Trinajstić information content (AvgIpc) is 3.23. The molecule has 0 unspecified atom stereocenters. The number of benzene rings is 1. The van der Waals surface area contributed by atoms with Crippen molar-refractivity contribution < 1.29 is 22.4 Å². The maximum atomic E-state index is 12.7. The zero-order valence-electron chi connectivity index (χ0n) is 12.6. The highest BCUT2D eigenvalue weighted by molar-refractivity contribution is 7.14. The number of hydrogen-bond acceptors (Lipinski definition) is 5. The Balaban J connectivity index is 1.57. The number of carbonyl (C=O) groups is 1. The van der Waals surface area contributed by atoms with Crippen LogP contribution >= 0.6 is 11.3 Å². The van der Waals surface area contributed by atoms with Crippen LogP contribution in [0.1, 0.15) is 5.56 Å². The maximum absolute atomic E-state index is 12.7. The van der Waals surface area contributed by atoms with Crippen molar-refractivity contribution in [1.82, 2.24) is 4.98 Å². The van der Waals surface area contributed by atoms with Gasteiger partial charge in [0, 0.05) is 11.1 Å². The van der Waals surface area contributed by atoms with E-state index in [1.54, 1.807) is 17.5 Å². The predicted molar refractivity (Wildman–Crippen MR) is 88.4 cm³/mol. The van der Waals surface area contributed by atoms with Crippen LogP contribution in [0.4, 0.5) is 24.0 Å². The minimum atomic E-state index is -4.43. The van der Waals surface area contributed by atoms with Crippen molar-refractivity contribution in [3.05, 3.63) is 53.6 Å². The van der Waals surface area contributed by atoms with E-state index in [1.165, 1.54) is 29.7 Å². The second-order valence-electron chi connectivity index (χ2n) is 5.00. The van der Waals surface area contributed by atoms with Crippen LogP contribution < -0.4 is 10.6 Å². The smallest absolute Gasteiger partial charge is 0.416 e. The van der Waals surface area contributed by atoms with Gasteiger partial charge in [0.05, 0.1) is 18.4 Å². The van der Waals surface area contributed by atoms with Gasteiger partial charge in [-0.1, -0.05) is 6.07 Å². The molecule has 0 saturated carbocycles. The molecule has 0 saturated heterocycles. The van der Waals surface area contributed by atoms with E-state index in [9.17, 15) is 18.0 Å². The summed E-state index contributed by atoms with van der Waals surface area (Å²) in [4.78, 5) is 16.1. The van der Waals surface area contributed by atoms with Crippen molar-refractivity contribution in [2.45, 2.75) is 6.18 Å². The van der Waals surface area contributed by atoms with Gasteiger partial charge in [-0.25, -0.2) is 4.98 Å². The van der Waals surface area contributed by atoms with Crippen molar-refractivity contribution in [3.63, 3.8) is 0 Å². The molecule has 0 spiro atoms. The molecular formula is C16H12F3N3O2S. The molecule has 9 heteroatoms. The van der Waals surface area contributed by atoms with Crippen molar-refractivity contribution in [1.29, 1.82) is 0 Å². The summed E-state index contributed by atoms with van der Waals surface area (Å²) < 4.78 is 43.2. The molecule has 2 heterocycles. The number of amides is 1. The molecule has 5 nitrogen and oxygen atoms in total. The highest BCUT2D eigenvalue weighted by atomic mass is 32.1. The fourth-order valence-corrected chi connectivity index (χ4v) is 2.74. The number of aromatic nitrogens is 1. The Kier molecular flexibility index (Phi) is 4.75. The molecule has 3 rings (SSSR count). The molecule has 2 N–H and O–H groups in total. The zero-order valence-corrected chi connectivity index (χ0v) is 13.4. The van der Waals surface area contributed by atoms with Crippen molar-refractivity contribution in [3.8, 4) is 11.5 Å². The zero-order chi connectivity index (χ0) is 17.9. The molecular weight excluding hydrogens is 355 g/mol. The molecule has 0 bridgehead atoms. The monoisotopic (exact) mass is 367 g/mol. The summed E-state index contributed by atoms with van der Waals surface area (Å²) in [7, 11) is 0. The molecule has 1 amide bonds. The van der Waals surface area contributed by atoms with Gasteiger partial charge >= 0.3 is 6.18 Å². The van der Waals surface area contributed by atoms with E-state index in [4.69, 9.17) is 4.42 Å². The number of anilines is 2. The second kappa shape index (κ2) is 6.98. The Bertz CT molecular complexity index is 860. The van der Waals surface area contributed by atoms with Crippen LogP contribution in [0.2, 0.25) is 0 Å².